The molecule has 0 fully saturated rings. The molecule has 0 heterocycles. The third-order valence-corrected chi connectivity index (χ3v) is 6.43. The Labute approximate surface area is 291 Å². The third kappa shape index (κ3) is 15.3. The Morgan fingerprint density at radius 3 is 1.92 bits per heavy atom. The summed E-state index contributed by atoms with van der Waals surface area (Å²) in [6.07, 6.45) is -1.27. The number of esters is 1. The molecular formula is C37H42N4O9. The van der Waals surface area contributed by atoms with Gasteiger partial charge >= 0.3 is 24.2 Å². The molecule has 0 spiro atoms. The van der Waals surface area contributed by atoms with Gasteiger partial charge in [0.2, 0.25) is 5.96 Å². The summed E-state index contributed by atoms with van der Waals surface area (Å²) in [4.78, 5) is 67.2. The molecule has 3 N–H and O–H groups in total. The first kappa shape index (κ1) is 38.5. The molecule has 0 radical (unpaired) electrons. The number of carbonyl (C=O) groups is 5. The van der Waals surface area contributed by atoms with Gasteiger partial charge in [-0.15, -0.1) is 4.99 Å². The van der Waals surface area contributed by atoms with Gasteiger partial charge in [-0.2, -0.15) is 0 Å². The summed E-state index contributed by atoms with van der Waals surface area (Å²) in [5.41, 5.74) is 1.07. The highest BCUT2D eigenvalue weighted by Crippen LogP contribution is 2.11. The third-order valence-electron chi connectivity index (χ3n) is 6.43. The van der Waals surface area contributed by atoms with Crippen molar-refractivity contribution in [2.24, 2.45) is 4.99 Å². The number of guanidine groups is 1. The van der Waals surface area contributed by atoms with E-state index in [9.17, 15) is 24.0 Å². The Morgan fingerprint density at radius 2 is 1.34 bits per heavy atom. The molecule has 0 saturated heterocycles. The van der Waals surface area contributed by atoms with Crippen molar-refractivity contribution in [3.8, 4) is 0 Å². The monoisotopic (exact) mass is 686 g/mol. The fourth-order valence-corrected chi connectivity index (χ4v) is 4.15. The molecule has 0 aliphatic heterocycles. The zero-order chi connectivity index (χ0) is 36.4. The largest absolute Gasteiger partial charge is 0.444 e. The van der Waals surface area contributed by atoms with Crippen LogP contribution in [0.3, 0.4) is 0 Å². The Bertz CT molecular complexity index is 1640. The van der Waals surface area contributed by atoms with Gasteiger partial charge < -0.3 is 29.6 Å². The van der Waals surface area contributed by atoms with E-state index in [1.807, 2.05) is 12.1 Å². The average molecular weight is 687 g/mol. The van der Waals surface area contributed by atoms with Gasteiger partial charge in [0.1, 0.15) is 30.6 Å². The number of ether oxygens (including phenoxy) is 4. The first-order valence-electron chi connectivity index (χ1n) is 15.9. The van der Waals surface area contributed by atoms with Crippen LogP contribution in [0.1, 0.15) is 62.0 Å². The minimum Gasteiger partial charge on any atom is -0.444 e. The van der Waals surface area contributed by atoms with Crippen molar-refractivity contribution in [2.75, 3.05) is 6.54 Å². The van der Waals surface area contributed by atoms with Crippen LogP contribution < -0.4 is 16.0 Å². The number of allylic oxidation sites excluding steroid dienone is 2. The molecule has 0 aromatic heterocycles. The van der Waals surface area contributed by atoms with Crippen molar-refractivity contribution in [1.29, 1.82) is 0 Å². The molecule has 3 aromatic rings. The molecule has 264 valence electrons. The number of alkyl carbamates (subject to hydrolysis) is 2. The number of benzene rings is 3. The van der Waals surface area contributed by atoms with Crippen molar-refractivity contribution in [1.82, 2.24) is 16.0 Å². The molecule has 0 saturated carbocycles. The van der Waals surface area contributed by atoms with Crippen LogP contribution in [0.25, 0.3) is 0 Å². The van der Waals surface area contributed by atoms with Crippen LogP contribution in [-0.4, -0.2) is 54.2 Å². The second-order valence-electron chi connectivity index (χ2n) is 11.9. The second kappa shape index (κ2) is 19.7. The van der Waals surface area contributed by atoms with Crippen LogP contribution in [0.2, 0.25) is 0 Å². The number of carbonyl (C=O) groups excluding carboxylic acids is 5. The van der Waals surface area contributed by atoms with Gasteiger partial charge in [0.15, 0.2) is 5.78 Å². The number of hydrogen-bond donors (Lipinski definition) is 3. The predicted molar refractivity (Wildman–Crippen MR) is 185 cm³/mol. The molecule has 3 aromatic carbocycles. The summed E-state index contributed by atoms with van der Waals surface area (Å²) >= 11 is 0. The lowest BCUT2D eigenvalue weighted by Gasteiger charge is -2.23. The zero-order valence-corrected chi connectivity index (χ0v) is 28.5. The van der Waals surface area contributed by atoms with Crippen molar-refractivity contribution in [3.63, 3.8) is 0 Å². The number of ketones is 1. The molecule has 50 heavy (non-hydrogen) atoms. The quantitative estimate of drug-likeness (QED) is 0.0275. The van der Waals surface area contributed by atoms with E-state index in [1.165, 1.54) is 13.0 Å². The molecule has 3 amide bonds. The maximum atomic E-state index is 13.1. The Kier molecular flexibility index (Phi) is 15.2. The average Bonchev–Trinajstić information content (AvgIpc) is 3.08. The normalized spacial score (nSPS) is 12.2. The van der Waals surface area contributed by atoms with Gasteiger partial charge in [-0.3, -0.25) is 10.1 Å². The van der Waals surface area contributed by atoms with E-state index in [0.29, 0.717) is 5.56 Å². The van der Waals surface area contributed by atoms with E-state index in [0.717, 1.165) is 11.1 Å². The van der Waals surface area contributed by atoms with Crippen molar-refractivity contribution in [2.45, 2.75) is 65.4 Å². The number of rotatable bonds is 13. The van der Waals surface area contributed by atoms with Crippen LogP contribution >= 0.6 is 0 Å². The zero-order valence-electron chi connectivity index (χ0n) is 28.5. The minimum atomic E-state index is -1.18. The highest BCUT2D eigenvalue weighted by atomic mass is 16.6. The molecule has 0 aliphatic rings. The van der Waals surface area contributed by atoms with Crippen LogP contribution in [0.15, 0.2) is 108 Å². The first-order chi connectivity index (χ1) is 23.9. The minimum absolute atomic E-state index is 0.0245. The number of nitrogens with zero attached hydrogens (tertiary/aromatic N) is 1. The van der Waals surface area contributed by atoms with E-state index in [1.54, 1.807) is 99.6 Å². The highest BCUT2D eigenvalue weighted by molar-refractivity contribution is 6.04. The van der Waals surface area contributed by atoms with Crippen LogP contribution in [0.4, 0.5) is 14.4 Å². The van der Waals surface area contributed by atoms with E-state index in [-0.39, 0.29) is 50.1 Å². The number of amides is 3. The standard InChI is InChI=1S/C37H42N4O9/c1-26(23-31(42)29-19-12-7-13-20-29)49-32(43)30(39-36(46)50-37(2,3)4)21-14-22-38-33(40-34(44)47-24-27-15-8-5-9-16-27)41-35(45)48-25-28-17-10-6-11-18-28/h5-13,15-20,23,30H,14,21-22,24-25H2,1-4H3,(H,39,46)(H2,38,40,41,44,45)/b26-23+/t30-/m0/s1. The van der Waals surface area contributed by atoms with Gasteiger partial charge in [0.05, 0.1) is 0 Å². The van der Waals surface area contributed by atoms with E-state index < -0.39 is 35.9 Å². The summed E-state index contributed by atoms with van der Waals surface area (Å²) in [5.74, 6) is -1.41. The highest BCUT2D eigenvalue weighted by Gasteiger charge is 2.26. The van der Waals surface area contributed by atoms with Gasteiger partial charge in [0.25, 0.3) is 0 Å². The molecule has 3 rings (SSSR count). The van der Waals surface area contributed by atoms with Gasteiger partial charge in [-0.25, -0.2) is 19.2 Å². The SMILES string of the molecule is C/C(=C\C(=O)c1ccccc1)OC(=O)[C@H](CCCN/C(=N/C(=O)OCc1ccccc1)NC(=O)OCc1ccccc1)NC(=O)OC(C)(C)C. The smallest absolute Gasteiger partial charge is 0.437 e. The molecule has 1 atom stereocenters. The van der Waals surface area contributed by atoms with Crippen LogP contribution in [0.5, 0.6) is 0 Å². The van der Waals surface area contributed by atoms with Crippen molar-refractivity contribution >= 4 is 36.0 Å². The fourth-order valence-electron chi connectivity index (χ4n) is 4.15. The lowest BCUT2D eigenvalue weighted by molar-refractivity contribution is -0.142. The number of nitrogens with one attached hydrogen (secondary N) is 3. The van der Waals surface area contributed by atoms with Gasteiger partial charge in [-0.1, -0.05) is 91.0 Å². The van der Waals surface area contributed by atoms with Gasteiger partial charge in [0, 0.05) is 18.2 Å². The lowest BCUT2D eigenvalue weighted by atomic mass is 10.1. The summed E-state index contributed by atoms with van der Waals surface area (Å²) in [5, 5.41) is 7.74. The lowest BCUT2D eigenvalue weighted by Crippen LogP contribution is -2.45. The maximum Gasteiger partial charge on any atom is 0.437 e. The molecule has 13 nitrogen and oxygen atoms in total. The van der Waals surface area contributed by atoms with E-state index >= 15 is 0 Å². The fraction of sp³-hybridized carbons (Fsp3) is 0.297. The maximum absolute atomic E-state index is 13.1. The second-order valence-corrected chi connectivity index (χ2v) is 11.9. The molecule has 13 heteroatoms. The summed E-state index contributed by atoms with van der Waals surface area (Å²) in [6.45, 7) is 6.49. The molecule has 0 unspecified atom stereocenters. The Hall–Kier alpha value is -5.98. The summed E-state index contributed by atoms with van der Waals surface area (Å²) in [6, 6.07) is 25.3. The molecular weight excluding hydrogens is 644 g/mol. The topological polar surface area (TPSA) is 171 Å². The van der Waals surface area contributed by atoms with E-state index in [2.05, 4.69) is 20.9 Å². The van der Waals surface area contributed by atoms with Crippen molar-refractivity contribution in [3.05, 3.63) is 120 Å². The molecule has 0 bridgehead atoms. The Balaban J connectivity index is 1.65. The van der Waals surface area contributed by atoms with Crippen molar-refractivity contribution < 1.29 is 42.9 Å². The summed E-state index contributed by atoms with van der Waals surface area (Å²) in [7, 11) is 0. The van der Waals surface area contributed by atoms with Crippen LogP contribution in [-0.2, 0) is 37.0 Å². The van der Waals surface area contributed by atoms with Crippen LogP contribution in [0, 0.1) is 0 Å². The number of hydrogen-bond acceptors (Lipinski definition) is 9. The van der Waals surface area contributed by atoms with E-state index in [4.69, 9.17) is 18.9 Å². The first-order valence-corrected chi connectivity index (χ1v) is 15.9. The number of aliphatic imine (C=N–C) groups is 1. The molecule has 0 aliphatic carbocycles. The summed E-state index contributed by atoms with van der Waals surface area (Å²) < 4.78 is 21.2. The predicted octanol–water partition coefficient (Wildman–Crippen LogP) is 6.20. The van der Waals surface area contributed by atoms with Gasteiger partial charge in [-0.05, 0) is 51.7 Å². The Morgan fingerprint density at radius 1 is 0.780 bits per heavy atom.